The summed E-state index contributed by atoms with van der Waals surface area (Å²) < 4.78 is 5.47. The first-order valence-electron chi connectivity index (χ1n) is 7.71. The van der Waals surface area contributed by atoms with Gasteiger partial charge in [-0.3, -0.25) is 0 Å². The van der Waals surface area contributed by atoms with Crippen LogP contribution in [0.15, 0.2) is 48.5 Å². The van der Waals surface area contributed by atoms with Crippen LogP contribution >= 0.6 is 0 Å². The molecule has 2 aromatic carbocycles. The van der Waals surface area contributed by atoms with Gasteiger partial charge in [0.05, 0.1) is 6.61 Å². The van der Waals surface area contributed by atoms with Gasteiger partial charge >= 0.3 is 0 Å². The highest BCUT2D eigenvalue weighted by Crippen LogP contribution is 2.17. The Bertz CT molecular complexity index is 548. The van der Waals surface area contributed by atoms with Crippen molar-refractivity contribution in [3.8, 4) is 5.75 Å². The molecule has 1 atom stereocenters. The van der Waals surface area contributed by atoms with Gasteiger partial charge in [0, 0.05) is 6.04 Å². The maximum absolute atomic E-state index is 5.47. The molecule has 0 radical (unpaired) electrons. The van der Waals surface area contributed by atoms with Gasteiger partial charge < -0.3 is 10.1 Å². The van der Waals surface area contributed by atoms with Gasteiger partial charge in [-0.2, -0.15) is 0 Å². The van der Waals surface area contributed by atoms with Crippen molar-refractivity contribution in [1.82, 2.24) is 5.32 Å². The van der Waals surface area contributed by atoms with Crippen LogP contribution in [0.2, 0.25) is 0 Å². The number of benzene rings is 2. The number of aryl methyl sites for hydroxylation is 1. The second-order valence-electron chi connectivity index (χ2n) is 5.35. The average molecular weight is 283 g/mol. The molecule has 21 heavy (non-hydrogen) atoms. The van der Waals surface area contributed by atoms with Crippen LogP contribution in [0.1, 0.15) is 36.6 Å². The van der Waals surface area contributed by atoms with E-state index in [1.54, 1.807) is 0 Å². The van der Waals surface area contributed by atoms with Gasteiger partial charge in [-0.05, 0) is 62.6 Å². The van der Waals surface area contributed by atoms with E-state index in [4.69, 9.17) is 4.74 Å². The van der Waals surface area contributed by atoms with Crippen LogP contribution < -0.4 is 10.1 Å². The monoisotopic (exact) mass is 283 g/mol. The molecule has 2 rings (SSSR count). The summed E-state index contributed by atoms with van der Waals surface area (Å²) >= 11 is 0. The highest BCUT2D eigenvalue weighted by Gasteiger charge is 2.05. The molecule has 2 heteroatoms. The van der Waals surface area contributed by atoms with Gasteiger partial charge in [-0.25, -0.2) is 0 Å². The number of ether oxygens (including phenoxy) is 1. The summed E-state index contributed by atoms with van der Waals surface area (Å²) in [7, 11) is 0. The van der Waals surface area contributed by atoms with Crippen molar-refractivity contribution in [3.63, 3.8) is 0 Å². The molecule has 2 nitrogen and oxygen atoms in total. The van der Waals surface area contributed by atoms with Crippen LogP contribution in [0.5, 0.6) is 5.75 Å². The molecule has 0 bridgehead atoms. The van der Waals surface area contributed by atoms with Crippen LogP contribution in [-0.4, -0.2) is 13.2 Å². The summed E-state index contributed by atoms with van der Waals surface area (Å²) in [5.41, 5.74) is 4.08. The molecule has 1 N–H and O–H groups in total. The molecular weight excluding hydrogens is 258 g/mol. The number of nitrogens with one attached hydrogen (secondary N) is 1. The zero-order valence-electron chi connectivity index (χ0n) is 13.2. The van der Waals surface area contributed by atoms with Crippen LogP contribution in [-0.2, 0) is 6.42 Å². The van der Waals surface area contributed by atoms with Crippen molar-refractivity contribution in [2.45, 2.75) is 33.2 Å². The lowest BCUT2D eigenvalue weighted by molar-refractivity contribution is 0.340. The predicted octanol–water partition coefficient (Wildman–Crippen LogP) is 4.29. The Kier molecular flexibility index (Phi) is 5.82. The maximum Gasteiger partial charge on any atom is 0.119 e. The van der Waals surface area contributed by atoms with Crippen molar-refractivity contribution in [3.05, 3.63) is 65.2 Å². The fourth-order valence-corrected chi connectivity index (χ4v) is 2.45. The van der Waals surface area contributed by atoms with Crippen LogP contribution in [0.25, 0.3) is 0 Å². The quantitative estimate of drug-likeness (QED) is 0.818. The molecule has 0 heterocycles. The molecular formula is C19H25NO. The lowest BCUT2D eigenvalue weighted by atomic mass is 10.0. The molecule has 1 unspecified atom stereocenters. The Morgan fingerprint density at radius 1 is 1.05 bits per heavy atom. The number of rotatable bonds is 7. The van der Waals surface area contributed by atoms with E-state index in [1.807, 2.05) is 19.1 Å². The van der Waals surface area contributed by atoms with Crippen molar-refractivity contribution in [2.24, 2.45) is 0 Å². The summed E-state index contributed by atoms with van der Waals surface area (Å²) in [4.78, 5) is 0. The van der Waals surface area contributed by atoms with Crippen LogP contribution in [0.3, 0.4) is 0 Å². The van der Waals surface area contributed by atoms with Gasteiger partial charge in [0.2, 0.25) is 0 Å². The lowest BCUT2D eigenvalue weighted by Crippen LogP contribution is -2.21. The topological polar surface area (TPSA) is 21.3 Å². The zero-order valence-corrected chi connectivity index (χ0v) is 13.2. The van der Waals surface area contributed by atoms with Gasteiger partial charge in [-0.1, -0.05) is 36.4 Å². The molecule has 0 spiro atoms. The highest BCUT2D eigenvalue weighted by molar-refractivity contribution is 5.29. The first-order chi connectivity index (χ1) is 10.2. The van der Waals surface area contributed by atoms with Gasteiger partial charge in [0.25, 0.3) is 0 Å². The average Bonchev–Trinajstić information content (AvgIpc) is 2.50. The third-order valence-corrected chi connectivity index (χ3v) is 3.80. The fourth-order valence-electron chi connectivity index (χ4n) is 2.45. The summed E-state index contributed by atoms with van der Waals surface area (Å²) in [6, 6.07) is 17.3. The molecule has 0 saturated heterocycles. The first kappa shape index (κ1) is 15.6. The molecule has 112 valence electrons. The van der Waals surface area contributed by atoms with Gasteiger partial charge in [0.1, 0.15) is 5.75 Å². The number of hydrogen-bond donors (Lipinski definition) is 1. The molecule has 0 saturated carbocycles. The van der Waals surface area contributed by atoms with Gasteiger partial charge in [0.15, 0.2) is 0 Å². The minimum absolute atomic E-state index is 0.352. The summed E-state index contributed by atoms with van der Waals surface area (Å²) in [6.07, 6.45) is 1.06. The molecule has 0 amide bonds. The molecule has 0 aliphatic rings. The summed E-state index contributed by atoms with van der Waals surface area (Å²) in [6.45, 7) is 8.07. The maximum atomic E-state index is 5.47. The first-order valence-corrected chi connectivity index (χ1v) is 7.71. The second kappa shape index (κ2) is 7.84. The fraction of sp³-hybridized carbons (Fsp3) is 0.368. The van der Waals surface area contributed by atoms with E-state index < -0.39 is 0 Å². The lowest BCUT2D eigenvalue weighted by Gasteiger charge is -2.15. The zero-order chi connectivity index (χ0) is 15.1. The SMILES string of the molecule is CCOc1ccc(C(C)NCCc2ccccc2C)cc1. The van der Waals surface area contributed by atoms with E-state index in [2.05, 4.69) is 55.6 Å². The molecule has 0 aliphatic carbocycles. The van der Waals surface area contributed by atoms with E-state index in [1.165, 1.54) is 16.7 Å². The largest absolute Gasteiger partial charge is 0.494 e. The van der Waals surface area contributed by atoms with E-state index >= 15 is 0 Å². The number of hydrogen-bond acceptors (Lipinski definition) is 2. The normalized spacial score (nSPS) is 12.1. The standard InChI is InChI=1S/C19H25NO/c1-4-21-19-11-9-18(10-12-19)16(3)20-14-13-17-8-6-5-7-15(17)2/h5-12,16,20H,4,13-14H2,1-3H3. The van der Waals surface area contributed by atoms with E-state index in [-0.39, 0.29) is 0 Å². The molecule has 0 aromatic heterocycles. The van der Waals surface area contributed by atoms with Gasteiger partial charge in [-0.15, -0.1) is 0 Å². The third-order valence-electron chi connectivity index (χ3n) is 3.80. The van der Waals surface area contributed by atoms with Crippen molar-refractivity contribution >= 4 is 0 Å². The smallest absolute Gasteiger partial charge is 0.119 e. The Morgan fingerprint density at radius 3 is 2.43 bits per heavy atom. The third kappa shape index (κ3) is 4.61. The Labute approximate surface area is 128 Å². The van der Waals surface area contributed by atoms with Crippen molar-refractivity contribution < 1.29 is 4.74 Å². The van der Waals surface area contributed by atoms with Crippen LogP contribution in [0.4, 0.5) is 0 Å². The predicted molar refractivity (Wildman–Crippen MR) is 88.9 cm³/mol. The van der Waals surface area contributed by atoms with E-state index in [9.17, 15) is 0 Å². The Morgan fingerprint density at radius 2 is 1.76 bits per heavy atom. The van der Waals surface area contributed by atoms with E-state index in [0.717, 1.165) is 18.7 Å². The molecule has 0 aliphatic heterocycles. The van der Waals surface area contributed by atoms with Crippen molar-refractivity contribution in [1.29, 1.82) is 0 Å². The summed E-state index contributed by atoms with van der Waals surface area (Å²) in [5, 5.41) is 3.59. The Balaban J connectivity index is 1.84. The van der Waals surface area contributed by atoms with E-state index in [0.29, 0.717) is 12.6 Å². The minimum atomic E-state index is 0.352. The molecule has 2 aromatic rings. The van der Waals surface area contributed by atoms with Crippen LogP contribution in [0, 0.1) is 6.92 Å². The summed E-state index contributed by atoms with van der Waals surface area (Å²) in [5.74, 6) is 0.938. The van der Waals surface area contributed by atoms with Crippen molar-refractivity contribution in [2.75, 3.05) is 13.2 Å². The Hall–Kier alpha value is -1.80. The second-order valence-corrected chi connectivity index (χ2v) is 5.35. The minimum Gasteiger partial charge on any atom is -0.494 e. The highest BCUT2D eigenvalue weighted by atomic mass is 16.5. The molecule has 0 fully saturated rings.